The Balaban J connectivity index is 2.14. The Labute approximate surface area is 65.6 Å². The van der Waals surface area contributed by atoms with Crippen LogP contribution in [-0.2, 0) is 11.3 Å². The summed E-state index contributed by atoms with van der Waals surface area (Å²) in [7, 11) is 0. The fourth-order valence-corrected chi connectivity index (χ4v) is 0.722. The summed E-state index contributed by atoms with van der Waals surface area (Å²) in [5.74, 6) is 0. The molecule has 1 atom stereocenters. The molecule has 0 radical (unpaired) electrons. The van der Waals surface area contributed by atoms with Gasteiger partial charge in [0.2, 0.25) is 0 Å². The van der Waals surface area contributed by atoms with E-state index in [-0.39, 0.29) is 0 Å². The first-order valence-corrected chi connectivity index (χ1v) is 3.56. The highest BCUT2D eigenvalue weighted by Gasteiger charge is 1.96. The molecule has 3 nitrogen and oxygen atoms in total. The first kappa shape index (κ1) is 8.30. The van der Waals surface area contributed by atoms with Gasteiger partial charge in [-0.3, -0.25) is 0 Å². The van der Waals surface area contributed by atoms with Crippen molar-refractivity contribution in [1.82, 2.24) is 0 Å². The molecule has 0 spiro atoms. The monoisotopic (exact) mass is 156 g/mol. The summed E-state index contributed by atoms with van der Waals surface area (Å²) in [5, 5.41) is 8.83. The maximum absolute atomic E-state index is 8.83. The van der Waals surface area contributed by atoms with E-state index in [1.807, 2.05) is 6.07 Å². The van der Waals surface area contributed by atoms with E-state index < -0.39 is 6.10 Å². The van der Waals surface area contributed by atoms with Crippen molar-refractivity contribution < 1.29 is 14.3 Å². The molecule has 0 amide bonds. The van der Waals surface area contributed by atoms with Gasteiger partial charge in [-0.25, -0.2) is 0 Å². The van der Waals surface area contributed by atoms with Gasteiger partial charge in [0.15, 0.2) is 0 Å². The Hall–Kier alpha value is -0.800. The lowest BCUT2D eigenvalue weighted by molar-refractivity contribution is 0.0374. The molecule has 11 heavy (non-hydrogen) atoms. The zero-order valence-electron chi connectivity index (χ0n) is 6.49. The number of hydrogen-bond donors (Lipinski definition) is 1. The van der Waals surface area contributed by atoms with E-state index in [1.165, 1.54) is 0 Å². The number of ether oxygens (including phenoxy) is 1. The van der Waals surface area contributed by atoms with Gasteiger partial charge >= 0.3 is 0 Å². The molecule has 1 unspecified atom stereocenters. The van der Waals surface area contributed by atoms with E-state index in [0.717, 1.165) is 5.56 Å². The van der Waals surface area contributed by atoms with E-state index in [9.17, 15) is 0 Å². The summed E-state index contributed by atoms with van der Waals surface area (Å²) in [5.41, 5.74) is 0.991. The summed E-state index contributed by atoms with van der Waals surface area (Å²) in [6, 6.07) is 1.84. The van der Waals surface area contributed by atoms with Crippen LogP contribution in [0.15, 0.2) is 23.0 Å². The molecule has 0 aromatic carbocycles. The van der Waals surface area contributed by atoms with E-state index in [0.29, 0.717) is 13.2 Å². The quantitative estimate of drug-likeness (QED) is 0.711. The molecule has 0 aliphatic heterocycles. The smallest absolute Gasteiger partial charge is 0.0957 e. The van der Waals surface area contributed by atoms with Gasteiger partial charge in [0.25, 0.3) is 0 Å². The predicted molar refractivity (Wildman–Crippen MR) is 40.0 cm³/mol. The summed E-state index contributed by atoms with van der Waals surface area (Å²) >= 11 is 0. The van der Waals surface area contributed by atoms with Crippen LogP contribution in [0.25, 0.3) is 0 Å². The van der Waals surface area contributed by atoms with Crippen molar-refractivity contribution in [3.63, 3.8) is 0 Å². The van der Waals surface area contributed by atoms with Gasteiger partial charge in [0.1, 0.15) is 0 Å². The van der Waals surface area contributed by atoms with Crippen molar-refractivity contribution in [3.05, 3.63) is 24.2 Å². The largest absolute Gasteiger partial charge is 0.472 e. The van der Waals surface area contributed by atoms with Crippen LogP contribution in [0.2, 0.25) is 0 Å². The minimum Gasteiger partial charge on any atom is -0.472 e. The highest BCUT2D eigenvalue weighted by Crippen LogP contribution is 2.01. The van der Waals surface area contributed by atoms with Gasteiger partial charge in [-0.2, -0.15) is 0 Å². The molecule has 1 aromatic heterocycles. The van der Waals surface area contributed by atoms with E-state index in [1.54, 1.807) is 19.5 Å². The lowest BCUT2D eigenvalue weighted by atomic mass is 10.4. The van der Waals surface area contributed by atoms with Crippen molar-refractivity contribution in [3.8, 4) is 0 Å². The molecule has 0 aliphatic carbocycles. The van der Waals surface area contributed by atoms with Gasteiger partial charge in [0, 0.05) is 5.56 Å². The molecule has 1 aromatic rings. The molecule has 3 heteroatoms. The molecule has 1 N–H and O–H groups in total. The Morgan fingerprint density at radius 3 is 3.09 bits per heavy atom. The number of aliphatic hydroxyl groups excluding tert-OH is 1. The number of aliphatic hydroxyl groups is 1. The first-order chi connectivity index (χ1) is 5.29. The van der Waals surface area contributed by atoms with E-state index in [4.69, 9.17) is 14.3 Å². The molecule has 0 bridgehead atoms. The van der Waals surface area contributed by atoms with Gasteiger partial charge < -0.3 is 14.3 Å². The first-order valence-electron chi connectivity index (χ1n) is 3.56. The Morgan fingerprint density at radius 1 is 1.73 bits per heavy atom. The maximum atomic E-state index is 8.83. The van der Waals surface area contributed by atoms with Crippen molar-refractivity contribution in [2.75, 3.05) is 6.61 Å². The normalized spacial score (nSPS) is 13.3. The third-order valence-corrected chi connectivity index (χ3v) is 1.21. The number of rotatable bonds is 4. The van der Waals surface area contributed by atoms with Crippen LogP contribution < -0.4 is 0 Å². The van der Waals surface area contributed by atoms with Crippen molar-refractivity contribution in [2.24, 2.45) is 0 Å². The fourth-order valence-electron chi connectivity index (χ4n) is 0.722. The van der Waals surface area contributed by atoms with Crippen LogP contribution in [0.1, 0.15) is 12.5 Å². The number of furan rings is 1. The molecule has 0 saturated carbocycles. The van der Waals surface area contributed by atoms with Crippen molar-refractivity contribution in [2.45, 2.75) is 19.6 Å². The molecule has 1 rings (SSSR count). The van der Waals surface area contributed by atoms with Crippen molar-refractivity contribution in [1.29, 1.82) is 0 Å². The standard InChI is InChI=1S/C8H12O3/c1-7(9)4-11-6-8-2-3-10-5-8/h2-3,5,7,9H,4,6H2,1H3. The highest BCUT2D eigenvalue weighted by atomic mass is 16.5. The second-order valence-electron chi connectivity index (χ2n) is 2.50. The minimum absolute atomic E-state index is 0.366. The lowest BCUT2D eigenvalue weighted by Crippen LogP contribution is -2.09. The van der Waals surface area contributed by atoms with Gasteiger partial charge in [-0.15, -0.1) is 0 Å². The fraction of sp³-hybridized carbons (Fsp3) is 0.500. The second-order valence-corrected chi connectivity index (χ2v) is 2.50. The van der Waals surface area contributed by atoms with Crippen LogP contribution in [0.3, 0.4) is 0 Å². The van der Waals surface area contributed by atoms with Crippen LogP contribution >= 0.6 is 0 Å². The average molecular weight is 156 g/mol. The van der Waals surface area contributed by atoms with Gasteiger partial charge in [-0.1, -0.05) is 0 Å². The third kappa shape index (κ3) is 3.20. The van der Waals surface area contributed by atoms with Crippen molar-refractivity contribution >= 4 is 0 Å². The zero-order valence-corrected chi connectivity index (χ0v) is 6.49. The summed E-state index contributed by atoms with van der Waals surface area (Å²) in [6.07, 6.45) is 2.82. The topological polar surface area (TPSA) is 42.6 Å². The molecular formula is C8H12O3. The van der Waals surface area contributed by atoms with Gasteiger partial charge in [-0.05, 0) is 13.0 Å². The Morgan fingerprint density at radius 2 is 2.55 bits per heavy atom. The van der Waals surface area contributed by atoms with Crippen LogP contribution in [0, 0.1) is 0 Å². The Bertz CT molecular complexity index is 179. The maximum Gasteiger partial charge on any atom is 0.0957 e. The summed E-state index contributed by atoms with van der Waals surface area (Å²) < 4.78 is 9.96. The predicted octanol–water partition coefficient (Wildman–Crippen LogP) is 1.18. The Kier molecular flexibility index (Phi) is 3.14. The molecule has 1 heterocycles. The van der Waals surface area contributed by atoms with E-state index >= 15 is 0 Å². The number of hydrogen-bond acceptors (Lipinski definition) is 3. The van der Waals surface area contributed by atoms with E-state index in [2.05, 4.69) is 0 Å². The SMILES string of the molecule is CC(O)COCc1ccoc1. The highest BCUT2D eigenvalue weighted by molar-refractivity contribution is 5.02. The summed E-state index contributed by atoms with van der Waals surface area (Å²) in [4.78, 5) is 0. The summed E-state index contributed by atoms with van der Waals surface area (Å²) in [6.45, 7) is 2.56. The molecule has 0 saturated heterocycles. The molecule has 0 fully saturated rings. The average Bonchev–Trinajstić information content (AvgIpc) is 2.39. The zero-order chi connectivity index (χ0) is 8.10. The molecule has 0 aliphatic rings. The molecular weight excluding hydrogens is 144 g/mol. The third-order valence-electron chi connectivity index (χ3n) is 1.21. The van der Waals surface area contributed by atoms with Crippen LogP contribution in [0.5, 0.6) is 0 Å². The van der Waals surface area contributed by atoms with Crippen LogP contribution in [-0.4, -0.2) is 17.8 Å². The lowest BCUT2D eigenvalue weighted by Gasteiger charge is -2.03. The van der Waals surface area contributed by atoms with Crippen LogP contribution in [0.4, 0.5) is 0 Å². The van der Waals surface area contributed by atoms with Gasteiger partial charge in [0.05, 0.1) is 31.8 Å². The second kappa shape index (κ2) is 4.16. The molecule has 62 valence electrons. The minimum atomic E-state index is -0.401.